The van der Waals surface area contributed by atoms with E-state index < -0.39 is 5.60 Å². The van der Waals surface area contributed by atoms with Crippen molar-refractivity contribution in [2.45, 2.75) is 89.2 Å². The lowest BCUT2D eigenvalue weighted by molar-refractivity contribution is 0.0784. The molecule has 0 aliphatic heterocycles. The second-order valence-corrected chi connectivity index (χ2v) is 13.5. The number of allylic oxidation sites excluding steroid dienone is 3. The van der Waals surface area contributed by atoms with Gasteiger partial charge in [0.15, 0.2) is 0 Å². The SMILES string of the molecule is C=C1/C(=C\C=C2/CCC[C@]3(C)C([C@@H](C)CSc4cccc(C(C)(C)O)c4)CC[C@@H]23)C[C@@H](O)C[C@@H]1CO. The van der Waals surface area contributed by atoms with Crippen LogP contribution < -0.4 is 0 Å². The molecule has 3 saturated carbocycles. The van der Waals surface area contributed by atoms with Crippen molar-refractivity contribution < 1.29 is 15.3 Å². The highest BCUT2D eigenvalue weighted by atomic mass is 32.2. The minimum Gasteiger partial charge on any atom is -0.396 e. The summed E-state index contributed by atoms with van der Waals surface area (Å²) in [6.07, 6.45) is 11.7. The first-order valence-corrected chi connectivity index (χ1v) is 14.8. The van der Waals surface area contributed by atoms with Gasteiger partial charge in [0.1, 0.15) is 0 Å². The summed E-state index contributed by atoms with van der Waals surface area (Å²) in [5, 5.41) is 30.4. The van der Waals surface area contributed by atoms with Crippen molar-refractivity contribution in [2.24, 2.45) is 29.1 Å². The van der Waals surface area contributed by atoms with Gasteiger partial charge in [-0.05, 0) is 111 Å². The molecule has 0 bridgehead atoms. The quantitative estimate of drug-likeness (QED) is 0.345. The Bertz CT molecular complexity index is 1000. The lowest BCUT2D eigenvalue weighted by atomic mass is 9.61. The van der Waals surface area contributed by atoms with Gasteiger partial charge in [-0.15, -0.1) is 11.8 Å². The minimum absolute atomic E-state index is 0.0200. The van der Waals surface area contributed by atoms with Crippen molar-refractivity contribution in [1.29, 1.82) is 0 Å². The summed E-state index contributed by atoms with van der Waals surface area (Å²) in [5.41, 5.74) is 4.19. The molecular weight excluding hydrogens is 464 g/mol. The van der Waals surface area contributed by atoms with E-state index in [9.17, 15) is 15.3 Å². The second-order valence-electron chi connectivity index (χ2n) is 12.4. The number of benzene rings is 1. The van der Waals surface area contributed by atoms with Crippen LogP contribution in [-0.4, -0.2) is 33.8 Å². The minimum atomic E-state index is -0.810. The summed E-state index contributed by atoms with van der Waals surface area (Å²) in [6.45, 7) is 13.0. The normalized spacial score (nSPS) is 34.2. The molecule has 6 atom stereocenters. The Morgan fingerprint density at radius 2 is 2.03 bits per heavy atom. The number of aliphatic hydroxyl groups excluding tert-OH is 2. The van der Waals surface area contributed by atoms with Crippen LogP contribution in [0.1, 0.15) is 78.2 Å². The topological polar surface area (TPSA) is 60.7 Å². The van der Waals surface area contributed by atoms with Crippen molar-refractivity contribution in [3.05, 3.63) is 65.3 Å². The molecule has 3 aliphatic carbocycles. The maximum Gasteiger partial charge on any atom is 0.0840 e. The van der Waals surface area contributed by atoms with Gasteiger partial charge in [0.05, 0.1) is 18.3 Å². The zero-order valence-corrected chi connectivity index (χ0v) is 23.5. The molecule has 36 heavy (non-hydrogen) atoms. The molecule has 4 heteroatoms. The smallest absolute Gasteiger partial charge is 0.0840 e. The van der Waals surface area contributed by atoms with Crippen LogP contribution in [0, 0.1) is 29.1 Å². The molecule has 1 unspecified atom stereocenters. The highest BCUT2D eigenvalue weighted by Crippen LogP contribution is 2.59. The first-order chi connectivity index (χ1) is 17.0. The Morgan fingerprint density at radius 1 is 1.25 bits per heavy atom. The van der Waals surface area contributed by atoms with Crippen LogP contribution in [0.4, 0.5) is 0 Å². The summed E-state index contributed by atoms with van der Waals surface area (Å²) in [4.78, 5) is 1.24. The molecule has 3 nitrogen and oxygen atoms in total. The van der Waals surface area contributed by atoms with E-state index in [1.54, 1.807) is 5.57 Å². The van der Waals surface area contributed by atoms with Crippen LogP contribution in [0.5, 0.6) is 0 Å². The van der Waals surface area contributed by atoms with Crippen molar-refractivity contribution in [2.75, 3.05) is 12.4 Å². The summed E-state index contributed by atoms with van der Waals surface area (Å²) in [5.74, 6) is 3.06. The zero-order chi connectivity index (χ0) is 26.1. The summed E-state index contributed by atoms with van der Waals surface area (Å²) in [7, 11) is 0. The molecule has 0 aromatic heterocycles. The van der Waals surface area contributed by atoms with E-state index in [4.69, 9.17) is 0 Å². The van der Waals surface area contributed by atoms with Gasteiger partial charge < -0.3 is 15.3 Å². The molecule has 0 amide bonds. The molecule has 3 fully saturated rings. The Morgan fingerprint density at radius 3 is 2.75 bits per heavy atom. The number of hydrogen-bond donors (Lipinski definition) is 3. The molecule has 3 N–H and O–H groups in total. The van der Waals surface area contributed by atoms with E-state index in [1.807, 2.05) is 31.7 Å². The second kappa shape index (κ2) is 11.2. The van der Waals surface area contributed by atoms with Crippen molar-refractivity contribution in [1.82, 2.24) is 0 Å². The predicted molar refractivity (Wildman–Crippen MR) is 151 cm³/mol. The zero-order valence-electron chi connectivity index (χ0n) is 22.7. The van der Waals surface area contributed by atoms with Gasteiger partial charge in [0, 0.05) is 16.6 Å². The maximum atomic E-state index is 10.4. The van der Waals surface area contributed by atoms with Gasteiger partial charge in [0.25, 0.3) is 0 Å². The first kappa shape index (κ1) is 27.7. The lowest BCUT2D eigenvalue weighted by Crippen LogP contribution is -2.36. The van der Waals surface area contributed by atoms with Gasteiger partial charge in [-0.1, -0.05) is 50.3 Å². The van der Waals surface area contributed by atoms with Crippen molar-refractivity contribution >= 4 is 11.8 Å². The molecule has 1 aromatic carbocycles. The van der Waals surface area contributed by atoms with Crippen molar-refractivity contribution in [3.63, 3.8) is 0 Å². The third-order valence-electron chi connectivity index (χ3n) is 9.41. The van der Waals surface area contributed by atoms with E-state index in [2.05, 4.69) is 50.8 Å². The molecule has 3 aliphatic rings. The number of aliphatic hydroxyl groups is 3. The fourth-order valence-electron chi connectivity index (χ4n) is 7.29. The first-order valence-electron chi connectivity index (χ1n) is 13.9. The van der Waals surface area contributed by atoms with Crippen LogP contribution in [0.15, 0.2) is 64.6 Å². The summed E-state index contributed by atoms with van der Waals surface area (Å²) in [6, 6.07) is 8.37. The Balaban J connectivity index is 1.45. The van der Waals surface area contributed by atoms with Crippen LogP contribution in [0.2, 0.25) is 0 Å². The van der Waals surface area contributed by atoms with E-state index in [0.717, 1.165) is 22.5 Å². The highest BCUT2D eigenvalue weighted by molar-refractivity contribution is 7.99. The van der Waals surface area contributed by atoms with E-state index in [1.165, 1.54) is 37.0 Å². The number of hydrogen-bond acceptors (Lipinski definition) is 4. The molecule has 0 heterocycles. The van der Waals surface area contributed by atoms with E-state index in [-0.39, 0.29) is 18.6 Å². The molecule has 198 valence electrons. The maximum absolute atomic E-state index is 10.4. The third-order valence-corrected chi connectivity index (χ3v) is 10.7. The summed E-state index contributed by atoms with van der Waals surface area (Å²) >= 11 is 1.93. The van der Waals surface area contributed by atoms with Crippen LogP contribution >= 0.6 is 11.8 Å². The number of rotatable bonds is 7. The van der Waals surface area contributed by atoms with E-state index in [0.29, 0.717) is 36.0 Å². The molecule has 4 rings (SSSR count). The Kier molecular flexibility index (Phi) is 8.61. The van der Waals surface area contributed by atoms with Gasteiger partial charge in [-0.3, -0.25) is 0 Å². The van der Waals surface area contributed by atoms with E-state index >= 15 is 0 Å². The monoisotopic (exact) mass is 510 g/mol. The van der Waals surface area contributed by atoms with Crippen molar-refractivity contribution in [3.8, 4) is 0 Å². The number of thioether (sulfide) groups is 1. The predicted octanol–water partition coefficient (Wildman–Crippen LogP) is 7.03. The fraction of sp³-hybridized carbons (Fsp3) is 0.625. The van der Waals surface area contributed by atoms with Gasteiger partial charge in [-0.2, -0.15) is 0 Å². The van der Waals surface area contributed by atoms with Crippen LogP contribution in [0.25, 0.3) is 0 Å². The lowest BCUT2D eigenvalue weighted by Gasteiger charge is -2.44. The van der Waals surface area contributed by atoms with Gasteiger partial charge >= 0.3 is 0 Å². The molecule has 0 radical (unpaired) electrons. The highest BCUT2D eigenvalue weighted by Gasteiger charge is 2.50. The Hall–Kier alpha value is -1.33. The van der Waals surface area contributed by atoms with Crippen LogP contribution in [-0.2, 0) is 5.60 Å². The third kappa shape index (κ3) is 5.88. The Labute approximate surface area is 222 Å². The molecule has 0 saturated heterocycles. The largest absolute Gasteiger partial charge is 0.396 e. The average molecular weight is 511 g/mol. The molecule has 1 aromatic rings. The standard InChI is InChI=1S/C32H46O3S/c1-21(20-36-28-10-6-9-26(18-28)31(3,4)35)29-13-14-30-23(8-7-15-32(29,30)5)11-12-24-16-27(34)17-25(19-33)22(24)2/h6,9-12,18,21,25,27,29-30,33-35H,2,7-8,13-17,19-20H2,1,3-5H3/b23-11+,24-12-/t21-,25+,27+,29?,30-,32+/m0/s1. The summed E-state index contributed by atoms with van der Waals surface area (Å²) < 4.78 is 0. The van der Waals surface area contributed by atoms with Gasteiger partial charge in [0.2, 0.25) is 0 Å². The average Bonchev–Trinajstić information content (AvgIpc) is 3.20. The molecule has 0 spiro atoms. The van der Waals surface area contributed by atoms with Gasteiger partial charge in [-0.25, -0.2) is 0 Å². The van der Waals surface area contributed by atoms with Crippen LogP contribution in [0.3, 0.4) is 0 Å². The molecular formula is C32H46O3S. The fourth-order valence-corrected chi connectivity index (χ4v) is 8.37. The number of fused-ring (bicyclic) bond motifs is 1.